The quantitative estimate of drug-likeness (QED) is 0.732. The van der Waals surface area contributed by atoms with Gasteiger partial charge in [0.15, 0.2) is 0 Å². The Hall–Kier alpha value is -1.93. The molecule has 0 spiro atoms. The van der Waals surface area contributed by atoms with Crippen molar-refractivity contribution in [3.63, 3.8) is 0 Å². The van der Waals surface area contributed by atoms with E-state index >= 15 is 0 Å². The summed E-state index contributed by atoms with van der Waals surface area (Å²) in [7, 11) is -3.84. The fourth-order valence-electron chi connectivity index (χ4n) is 2.30. The number of sulfonamides is 1. The summed E-state index contributed by atoms with van der Waals surface area (Å²) in [6, 6.07) is 4.11. The Morgan fingerprint density at radius 3 is 2.68 bits per heavy atom. The van der Waals surface area contributed by atoms with Gasteiger partial charge in [0.25, 0.3) is 21.8 Å². The van der Waals surface area contributed by atoms with Crippen molar-refractivity contribution in [3.8, 4) is 0 Å². The van der Waals surface area contributed by atoms with E-state index in [1.54, 1.807) is 6.92 Å². The molecular formula is C14H19N3O4S. The van der Waals surface area contributed by atoms with Crippen LogP contribution in [0.1, 0.15) is 40.5 Å². The van der Waals surface area contributed by atoms with Gasteiger partial charge in [-0.3, -0.25) is 9.59 Å². The summed E-state index contributed by atoms with van der Waals surface area (Å²) in [6.07, 6.45) is 1.56. The van der Waals surface area contributed by atoms with Crippen molar-refractivity contribution in [2.24, 2.45) is 5.73 Å². The molecule has 2 rings (SSSR count). The first-order valence-corrected chi connectivity index (χ1v) is 8.57. The number of fused-ring (bicyclic) bond motifs is 1. The maximum Gasteiger partial charge on any atom is 0.268 e. The molecule has 1 aliphatic heterocycles. The maximum absolute atomic E-state index is 12.3. The van der Waals surface area contributed by atoms with E-state index in [0.717, 1.165) is 17.1 Å². The molecule has 3 N–H and O–H groups in total. The lowest BCUT2D eigenvalue weighted by Crippen LogP contribution is -2.29. The minimum absolute atomic E-state index is 0.0659. The van der Waals surface area contributed by atoms with Gasteiger partial charge < -0.3 is 11.1 Å². The third-order valence-corrected chi connectivity index (χ3v) is 5.37. The van der Waals surface area contributed by atoms with Gasteiger partial charge in [-0.25, -0.2) is 12.7 Å². The summed E-state index contributed by atoms with van der Waals surface area (Å²) in [4.78, 5) is 23.9. The minimum atomic E-state index is -3.84. The maximum atomic E-state index is 12.3. The number of nitrogens with two attached hydrogens (primary N) is 1. The number of nitrogens with zero attached hydrogens (tertiary/aromatic N) is 1. The van der Waals surface area contributed by atoms with Crippen molar-refractivity contribution in [3.05, 3.63) is 29.3 Å². The van der Waals surface area contributed by atoms with Gasteiger partial charge >= 0.3 is 0 Å². The molecule has 0 bridgehead atoms. The summed E-state index contributed by atoms with van der Waals surface area (Å²) in [5, 5.41) is 2.70. The molecule has 22 heavy (non-hydrogen) atoms. The van der Waals surface area contributed by atoms with E-state index in [-0.39, 0.29) is 28.5 Å². The Kier molecular flexibility index (Phi) is 4.82. The van der Waals surface area contributed by atoms with Crippen LogP contribution in [0.15, 0.2) is 23.1 Å². The predicted octanol–water partition coefficient (Wildman–Crippen LogP) is 0.320. The molecule has 0 atom stereocenters. The molecule has 2 amide bonds. The molecule has 1 aromatic rings. The summed E-state index contributed by atoms with van der Waals surface area (Å²) in [5.41, 5.74) is 5.71. The molecule has 0 fully saturated rings. The van der Waals surface area contributed by atoms with E-state index in [2.05, 4.69) is 5.32 Å². The van der Waals surface area contributed by atoms with Crippen molar-refractivity contribution >= 4 is 21.8 Å². The summed E-state index contributed by atoms with van der Waals surface area (Å²) >= 11 is 0. The number of hydrogen-bond acceptors (Lipinski definition) is 5. The van der Waals surface area contributed by atoms with Crippen LogP contribution in [0, 0.1) is 0 Å². The van der Waals surface area contributed by atoms with Gasteiger partial charge in [-0.2, -0.15) is 0 Å². The zero-order valence-corrected chi connectivity index (χ0v) is 13.1. The number of rotatable bonds is 6. The molecule has 7 nitrogen and oxygen atoms in total. The topological polar surface area (TPSA) is 110 Å². The first-order valence-electron chi connectivity index (χ1n) is 7.13. The van der Waals surface area contributed by atoms with Crippen molar-refractivity contribution < 1.29 is 18.0 Å². The number of hydrogen-bond donors (Lipinski definition) is 2. The second-order valence-corrected chi connectivity index (χ2v) is 6.77. The Labute approximate surface area is 129 Å². The largest absolute Gasteiger partial charge is 0.352 e. The van der Waals surface area contributed by atoms with Crippen LogP contribution in [0.3, 0.4) is 0 Å². The fraction of sp³-hybridized carbons (Fsp3) is 0.429. The van der Waals surface area contributed by atoms with Gasteiger partial charge in [0.05, 0.1) is 5.56 Å². The van der Waals surface area contributed by atoms with Crippen LogP contribution < -0.4 is 11.1 Å². The number of nitrogens with one attached hydrogen (secondary N) is 1. The zero-order chi connectivity index (χ0) is 16.3. The summed E-state index contributed by atoms with van der Waals surface area (Å²) in [5.74, 6) is -0.912. The highest BCUT2D eigenvalue weighted by atomic mass is 32.2. The number of carbonyl (C=O) groups is 2. The second-order valence-electron chi connectivity index (χ2n) is 4.94. The third-order valence-electron chi connectivity index (χ3n) is 3.47. The van der Waals surface area contributed by atoms with E-state index in [4.69, 9.17) is 5.73 Å². The molecule has 0 radical (unpaired) electrons. The highest BCUT2D eigenvalue weighted by Gasteiger charge is 2.40. The Balaban J connectivity index is 2.23. The average molecular weight is 325 g/mol. The number of amides is 2. The normalized spacial score (nSPS) is 15.7. The van der Waals surface area contributed by atoms with Crippen LogP contribution in [-0.2, 0) is 10.0 Å². The number of carbonyl (C=O) groups excluding carboxylic acids is 2. The Bertz CT molecular complexity index is 700. The van der Waals surface area contributed by atoms with E-state index < -0.39 is 15.9 Å². The van der Waals surface area contributed by atoms with Crippen LogP contribution in [0.25, 0.3) is 0 Å². The van der Waals surface area contributed by atoms with E-state index in [1.807, 2.05) is 0 Å². The van der Waals surface area contributed by atoms with Crippen LogP contribution in [0.5, 0.6) is 0 Å². The third kappa shape index (κ3) is 2.84. The van der Waals surface area contributed by atoms with Crippen molar-refractivity contribution in [1.29, 1.82) is 0 Å². The van der Waals surface area contributed by atoms with E-state index in [0.29, 0.717) is 13.1 Å². The van der Waals surface area contributed by atoms with Crippen molar-refractivity contribution in [1.82, 2.24) is 9.62 Å². The van der Waals surface area contributed by atoms with Crippen LogP contribution in [0.4, 0.5) is 0 Å². The van der Waals surface area contributed by atoms with Gasteiger partial charge in [0, 0.05) is 18.7 Å². The monoisotopic (exact) mass is 325 g/mol. The molecule has 120 valence electrons. The second kappa shape index (κ2) is 6.45. The van der Waals surface area contributed by atoms with Gasteiger partial charge in [-0.15, -0.1) is 0 Å². The van der Waals surface area contributed by atoms with E-state index in [9.17, 15) is 18.0 Å². The fourth-order valence-corrected chi connectivity index (χ4v) is 3.91. The lowest BCUT2D eigenvalue weighted by Gasteiger charge is -2.11. The number of unbranched alkanes of at least 4 members (excludes halogenated alkanes) is 1. The lowest BCUT2D eigenvalue weighted by atomic mass is 10.1. The first kappa shape index (κ1) is 16.4. The molecule has 1 heterocycles. The van der Waals surface area contributed by atoms with E-state index in [1.165, 1.54) is 18.2 Å². The molecule has 8 heteroatoms. The highest BCUT2D eigenvalue weighted by Crippen LogP contribution is 2.30. The Morgan fingerprint density at radius 1 is 1.32 bits per heavy atom. The molecule has 1 aromatic carbocycles. The average Bonchev–Trinajstić information content (AvgIpc) is 2.69. The molecular weight excluding hydrogens is 306 g/mol. The van der Waals surface area contributed by atoms with Gasteiger partial charge in [-0.05, 0) is 44.5 Å². The van der Waals surface area contributed by atoms with Crippen LogP contribution >= 0.6 is 0 Å². The van der Waals surface area contributed by atoms with Gasteiger partial charge in [0.2, 0.25) is 0 Å². The minimum Gasteiger partial charge on any atom is -0.352 e. The standard InChI is InChI=1S/C14H19N3O4S/c1-2-17-14(19)11-6-5-10(9-12(11)22(17,20)21)13(18)16-8-4-3-7-15/h5-6,9H,2-4,7-8,15H2,1H3,(H,16,18). The predicted molar refractivity (Wildman–Crippen MR) is 81.0 cm³/mol. The molecule has 0 unspecified atom stereocenters. The SMILES string of the molecule is CCN1C(=O)c2ccc(C(=O)NCCCCN)cc2S1(=O)=O. The summed E-state index contributed by atoms with van der Waals surface area (Å²) in [6.45, 7) is 2.69. The zero-order valence-electron chi connectivity index (χ0n) is 12.3. The molecule has 0 aliphatic carbocycles. The first-order chi connectivity index (χ1) is 10.4. The van der Waals surface area contributed by atoms with Crippen LogP contribution in [-0.4, -0.2) is 44.2 Å². The number of benzene rings is 1. The van der Waals surface area contributed by atoms with Gasteiger partial charge in [-0.1, -0.05) is 0 Å². The van der Waals surface area contributed by atoms with Crippen molar-refractivity contribution in [2.75, 3.05) is 19.6 Å². The highest BCUT2D eigenvalue weighted by molar-refractivity contribution is 7.90. The van der Waals surface area contributed by atoms with Gasteiger partial charge in [0.1, 0.15) is 4.90 Å². The van der Waals surface area contributed by atoms with Crippen molar-refractivity contribution in [2.45, 2.75) is 24.7 Å². The Morgan fingerprint density at radius 2 is 2.05 bits per heavy atom. The van der Waals surface area contributed by atoms with Crippen LogP contribution in [0.2, 0.25) is 0 Å². The molecule has 0 saturated carbocycles. The molecule has 0 saturated heterocycles. The lowest BCUT2D eigenvalue weighted by molar-refractivity contribution is 0.0874. The molecule has 0 aromatic heterocycles. The smallest absolute Gasteiger partial charge is 0.268 e. The molecule has 1 aliphatic rings. The summed E-state index contributed by atoms with van der Waals surface area (Å²) < 4.78 is 25.3.